The van der Waals surface area contributed by atoms with E-state index in [0.717, 1.165) is 32.1 Å². The Hall–Kier alpha value is 0.320. The van der Waals surface area contributed by atoms with Crippen LogP contribution in [-0.2, 0) is 22.8 Å². The topological polar surface area (TPSA) is 92.3 Å². The molecule has 188 valence electrons. The highest BCUT2D eigenvalue weighted by Crippen LogP contribution is 2.71. The molecule has 0 atom stereocenters. The molecule has 2 rings (SSSR count). The predicted molar refractivity (Wildman–Crippen MR) is 127 cm³/mol. The fourth-order valence-electron chi connectivity index (χ4n) is 3.41. The fourth-order valence-corrected chi connectivity index (χ4v) is 8.58. The van der Waals surface area contributed by atoms with Crippen molar-refractivity contribution in [2.45, 2.75) is 117 Å². The summed E-state index contributed by atoms with van der Waals surface area (Å²) in [6.45, 7) is 18.0. The van der Waals surface area contributed by atoms with Gasteiger partial charge in [0.2, 0.25) is 7.94 Å². The van der Waals surface area contributed by atoms with Crippen LogP contribution >= 0.6 is 15.9 Å². The molecule has 0 N–H and O–H groups in total. The Bertz CT molecular complexity index is 641. The molecule has 2 aliphatic rings. The van der Waals surface area contributed by atoms with E-state index >= 15 is 0 Å². The maximum absolute atomic E-state index is 13.5. The average Bonchev–Trinajstić information content (AvgIpc) is 2.88. The van der Waals surface area contributed by atoms with E-state index in [9.17, 15) is 9.79 Å². The summed E-state index contributed by atoms with van der Waals surface area (Å²) in [6, 6.07) is 0. The molecule has 0 spiro atoms. The standard InChI is InChI=1S/C23H44O7P2/c1-10-11-15-19(32(25)29-22(6,7)23(8,9)30-32)18-26-16-13-12-14-17-31(24)27-20(2,3)21(4,5)28-31/h15H,10-14,16-18H2,1-9H3/b19-15+. The van der Waals surface area contributed by atoms with Crippen LogP contribution in [-0.4, -0.2) is 41.8 Å². The SMILES string of the molecule is CCC/C=C(\COCCCCC[P+]1([O-])OC(C)(C)C(C)(C)O1)[P+]1([O-])OC(C)(C)C(C)(C)O1. The lowest BCUT2D eigenvalue weighted by Gasteiger charge is -2.25. The summed E-state index contributed by atoms with van der Waals surface area (Å²) in [7, 11) is -6.46. The van der Waals surface area contributed by atoms with E-state index in [4.69, 9.17) is 22.8 Å². The van der Waals surface area contributed by atoms with E-state index in [1.807, 2.05) is 61.5 Å². The number of hydrogen-bond acceptors (Lipinski definition) is 7. The van der Waals surface area contributed by atoms with E-state index in [1.54, 1.807) is 0 Å². The van der Waals surface area contributed by atoms with Gasteiger partial charge in [0, 0.05) is 6.61 Å². The monoisotopic (exact) mass is 494 g/mol. The number of hydrogen-bond donors (Lipinski definition) is 0. The van der Waals surface area contributed by atoms with E-state index in [1.165, 1.54) is 0 Å². The molecular formula is C23H44O7P2. The van der Waals surface area contributed by atoms with E-state index in [2.05, 4.69) is 6.92 Å². The van der Waals surface area contributed by atoms with Gasteiger partial charge in [0.15, 0.2) is 0 Å². The second-order valence-electron chi connectivity index (χ2n) is 10.8. The van der Waals surface area contributed by atoms with Crippen LogP contribution in [0.4, 0.5) is 0 Å². The lowest BCUT2D eigenvalue weighted by molar-refractivity contribution is -0.212. The van der Waals surface area contributed by atoms with Gasteiger partial charge < -0.3 is 14.5 Å². The summed E-state index contributed by atoms with van der Waals surface area (Å²) in [5.41, 5.74) is -2.45. The van der Waals surface area contributed by atoms with Gasteiger partial charge >= 0.3 is 0 Å². The summed E-state index contributed by atoms with van der Waals surface area (Å²) in [4.78, 5) is 26.3. The van der Waals surface area contributed by atoms with Gasteiger partial charge in [-0.05, 0) is 87.1 Å². The molecule has 32 heavy (non-hydrogen) atoms. The van der Waals surface area contributed by atoms with Crippen LogP contribution in [0, 0.1) is 0 Å². The Morgan fingerprint density at radius 3 is 1.78 bits per heavy atom. The minimum Gasteiger partial charge on any atom is -0.631 e. The molecular weight excluding hydrogens is 450 g/mol. The summed E-state index contributed by atoms with van der Waals surface area (Å²) >= 11 is 0. The van der Waals surface area contributed by atoms with Crippen LogP contribution in [0.15, 0.2) is 11.4 Å². The number of allylic oxidation sites excluding steroid dienone is 1. The lowest BCUT2D eigenvalue weighted by atomic mass is 9.90. The second kappa shape index (κ2) is 10.1. The van der Waals surface area contributed by atoms with Crippen molar-refractivity contribution >= 4 is 15.9 Å². The molecule has 9 heteroatoms. The molecule has 2 aliphatic heterocycles. The fraction of sp³-hybridized carbons (Fsp3) is 0.913. The van der Waals surface area contributed by atoms with Crippen LogP contribution in [0.1, 0.15) is 94.4 Å². The normalized spacial score (nSPS) is 27.0. The van der Waals surface area contributed by atoms with Crippen molar-refractivity contribution in [1.82, 2.24) is 0 Å². The van der Waals surface area contributed by atoms with Gasteiger partial charge in [0.1, 0.15) is 40.5 Å². The van der Waals surface area contributed by atoms with Gasteiger partial charge in [0.25, 0.3) is 7.94 Å². The van der Waals surface area contributed by atoms with Crippen LogP contribution < -0.4 is 9.79 Å². The first-order chi connectivity index (χ1) is 14.5. The maximum atomic E-state index is 13.5. The highest BCUT2D eigenvalue weighted by Gasteiger charge is 2.62. The van der Waals surface area contributed by atoms with Crippen molar-refractivity contribution < 1.29 is 32.6 Å². The largest absolute Gasteiger partial charge is 0.631 e. The summed E-state index contributed by atoms with van der Waals surface area (Å²) in [5, 5.41) is 0.597. The maximum Gasteiger partial charge on any atom is 0.270 e. The third kappa shape index (κ3) is 6.50. The third-order valence-electron chi connectivity index (χ3n) is 6.82. The number of ether oxygens (including phenoxy) is 1. The number of unbranched alkanes of at least 4 members (excludes halogenated alkanes) is 3. The smallest absolute Gasteiger partial charge is 0.270 e. The zero-order valence-electron chi connectivity index (χ0n) is 21.5. The highest BCUT2D eigenvalue weighted by molar-refractivity contribution is 7.64. The van der Waals surface area contributed by atoms with E-state index in [-0.39, 0.29) is 6.61 Å². The van der Waals surface area contributed by atoms with E-state index < -0.39 is 38.3 Å². The molecule has 2 fully saturated rings. The van der Waals surface area contributed by atoms with Crippen LogP contribution in [0.5, 0.6) is 0 Å². The van der Waals surface area contributed by atoms with Crippen molar-refractivity contribution in [2.24, 2.45) is 0 Å². The predicted octanol–water partition coefficient (Wildman–Crippen LogP) is 5.31. The minimum atomic E-state index is -3.40. The van der Waals surface area contributed by atoms with Gasteiger partial charge in [-0.25, -0.2) is 9.05 Å². The molecule has 0 aliphatic carbocycles. The van der Waals surface area contributed by atoms with Crippen molar-refractivity contribution in [2.75, 3.05) is 19.4 Å². The Balaban J connectivity index is 1.78. The number of rotatable bonds is 11. The van der Waals surface area contributed by atoms with Gasteiger partial charge in [-0.3, -0.25) is 0 Å². The van der Waals surface area contributed by atoms with Crippen LogP contribution in [0.25, 0.3) is 0 Å². The zero-order valence-corrected chi connectivity index (χ0v) is 23.3. The first-order valence-electron chi connectivity index (χ1n) is 11.8. The van der Waals surface area contributed by atoms with Gasteiger partial charge in [-0.1, -0.05) is 13.3 Å². The van der Waals surface area contributed by atoms with Crippen molar-refractivity contribution in [3.63, 3.8) is 0 Å². The molecule has 0 aromatic rings. The molecule has 0 radical (unpaired) electrons. The molecule has 2 heterocycles. The zero-order chi connectivity index (χ0) is 24.5. The van der Waals surface area contributed by atoms with Crippen molar-refractivity contribution in [3.05, 3.63) is 11.4 Å². The van der Waals surface area contributed by atoms with Crippen LogP contribution in [0.3, 0.4) is 0 Å². The summed E-state index contributed by atoms with van der Waals surface area (Å²) in [5.74, 6) is 0. The van der Waals surface area contributed by atoms with Crippen LogP contribution in [0.2, 0.25) is 0 Å². The first-order valence-corrected chi connectivity index (χ1v) is 15.1. The minimum absolute atomic E-state index is 0.219. The summed E-state index contributed by atoms with van der Waals surface area (Å²) in [6.07, 6.45) is 6.45. The van der Waals surface area contributed by atoms with Gasteiger partial charge in [-0.2, -0.15) is 9.05 Å². The van der Waals surface area contributed by atoms with E-state index in [0.29, 0.717) is 18.1 Å². The molecule has 0 unspecified atom stereocenters. The molecule has 0 aromatic carbocycles. The Kier molecular flexibility index (Phi) is 9.04. The molecule has 7 nitrogen and oxygen atoms in total. The Labute approximate surface area is 196 Å². The van der Waals surface area contributed by atoms with Crippen molar-refractivity contribution in [1.29, 1.82) is 0 Å². The first kappa shape index (κ1) is 28.6. The molecule has 0 aromatic heterocycles. The third-order valence-corrected chi connectivity index (χ3v) is 11.6. The van der Waals surface area contributed by atoms with Crippen molar-refractivity contribution in [3.8, 4) is 0 Å². The van der Waals surface area contributed by atoms with Gasteiger partial charge in [-0.15, -0.1) is 0 Å². The second-order valence-corrected chi connectivity index (χ2v) is 14.8. The Morgan fingerprint density at radius 1 is 0.781 bits per heavy atom. The summed E-state index contributed by atoms with van der Waals surface area (Å²) < 4.78 is 29.3. The quantitative estimate of drug-likeness (QED) is 0.284. The molecule has 0 saturated carbocycles. The molecule has 0 amide bonds. The highest BCUT2D eigenvalue weighted by atomic mass is 31.2. The lowest BCUT2D eigenvalue weighted by Crippen LogP contribution is -2.41. The molecule has 2 saturated heterocycles. The average molecular weight is 495 g/mol. The molecule has 0 bridgehead atoms. The Morgan fingerprint density at radius 2 is 1.28 bits per heavy atom. The van der Waals surface area contributed by atoms with Gasteiger partial charge in [0.05, 0.1) is 0 Å².